The van der Waals surface area contributed by atoms with Gasteiger partial charge in [0.1, 0.15) is 23.2 Å². The number of amides is 1. The molecule has 0 saturated heterocycles. The highest BCUT2D eigenvalue weighted by atomic mass is 16.5. The van der Waals surface area contributed by atoms with E-state index in [2.05, 4.69) is 39.3 Å². The van der Waals surface area contributed by atoms with Crippen molar-refractivity contribution in [3.05, 3.63) is 66.0 Å². The summed E-state index contributed by atoms with van der Waals surface area (Å²) < 4.78 is 5.41. The molecule has 31 heavy (non-hydrogen) atoms. The average Bonchev–Trinajstić information content (AvgIpc) is 2.76. The van der Waals surface area contributed by atoms with Crippen LogP contribution in [-0.2, 0) is 0 Å². The topological polar surface area (TPSA) is 79.4 Å². The van der Waals surface area contributed by atoms with E-state index in [1.165, 1.54) is 0 Å². The van der Waals surface area contributed by atoms with Gasteiger partial charge in [-0.15, -0.1) is 0 Å². The van der Waals surface area contributed by atoms with Gasteiger partial charge in [-0.1, -0.05) is 0 Å². The van der Waals surface area contributed by atoms with E-state index >= 15 is 0 Å². The van der Waals surface area contributed by atoms with Crippen LogP contribution >= 0.6 is 0 Å². The van der Waals surface area contributed by atoms with Crippen LogP contribution in [0.2, 0.25) is 0 Å². The summed E-state index contributed by atoms with van der Waals surface area (Å²) in [4.78, 5) is 23.7. The highest BCUT2D eigenvalue weighted by Crippen LogP contribution is 2.22. The van der Waals surface area contributed by atoms with E-state index in [1.807, 2.05) is 44.2 Å². The van der Waals surface area contributed by atoms with Gasteiger partial charge >= 0.3 is 0 Å². The van der Waals surface area contributed by atoms with Gasteiger partial charge in [0.15, 0.2) is 0 Å². The third-order valence-corrected chi connectivity index (χ3v) is 4.75. The van der Waals surface area contributed by atoms with Crippen LogP contribution in [0.4, 0.5) is 23.0 Å². The van der Waals surface area contributed by atoms with Gasteiger partial charge in [0.05, 0.1) is 6.61 Å². The van der Waals surface area contributed by atoms with E-state index in [4.69, 9.17) is 4.74 Å². The molecule has 0 bridgehead atoms. The first-order valence-electron chi connectivity index (χ1n) is 10.5. The van der Waals surface area contributed by atoms with Crippen molar-refractivity contribution in [2.45, 2.75) is 27.7 Å². The number of nitrogens with zero attached hydrogens (tertiary/aromatic N) is 3. The maximum absolute atomic E-state index is 12.5. The molecule has 0 aliphatic heterocycles. The zero-order chi connectivity index (χ0) is 22.2. The third kappa shape index (κ3) is 5.94. The van der Waals surface area contributed by atoms with Crippen LogP contribution in [0.5, 0.6) is 5.75 Å². The van der Waals surface area contributed by atoms with Crippen LogP contribution in [0.15, 0.2) is 54.6 Å². The first-order chi connectivity index (χ1) is 15.0. The van der Waals surface area contributed by atoms with Gasteiger partial charge in [0.2, 0.25) is 0 Å². The van der Waals surface area contributed by atoms with Crippen molar-refractivity contribution in [2.75, 3.05) is 35.2 Å². The lowest BCUT2D eigenvalue weighted by Gasteiger charge is -2.20. The third-order valence-electron chi connectivity index (χ3n) is 4.75. The van der Waals surface area contributed by atoms with Gasteiger partial charge in [-0.2, -0.15) is 0 Å². The van der Waals surface area contributed by atoms with Crippen molar-refractivity contribution in [3.63, 3.8) is 0 Å². The molecule has 1 amide bonds. The van der Waals surface area contributed by atoms with Gasteiger partial charge in [0, 0.05) is 36.1 Å². The molecule has 0 atom stereocenters. The lowest BCUT2D eigenvalue weighted by Crippen LogP contribution is -2.23. The summed E-state index contributed by atoms with van der Waals surface area (Å²) >= 11 is 0. The Labute approximate surface area is 183 Å². The second-order valence-corrected chi connectivity index (χ2v) is 6.94. The Morgan fingerprint density at radius 3 is 2.19 bits per heavy atom. The average molecular weight is 420 g/mol. The molecule has 2 aromatic carbocycles. The number of carbonyl (C=O) groups is 1. The molecular weight excluding hydrogens is 390 g/mol. The Morgan fingerprint density at radius 2 is 1.58 bits per heavy atom. The van der Waals surface area contributed by atoms with Crippen LogP contribution in [0.1, 0.15) is 37.0 Å². The second-order valence-electron chi connectivity index (χ2n) is 6.94. The van der Waals surface area contributed by atoms with E-state index in [-0.39, 0.29) is 5.91 Å². The summed E-state index contributed by atoms with van der Waals surface area (Å²) in [6, 6.07) is 16.6. The monoisotopic (exact) mass is 419 g/mol. The van der Waals surface area contributed by atoms with Gasteiger partial charge in [0.25, 0.3) is 5.91 Å². The summed E-state index contributed by atoms with van der Waals surface area (Å²) in [5.41, 5.74) is 2.17. The molecule has 0 radical (unpaired) electrons. The number of hydrogen-bond donors (Lipinski definition) is 2. The fourth-order valence-corrected chi connectivity index (χ4v) is 3.18. The molecule has 0 aliphatic rings. The molecule has 3 rings (SSSR count). The number of hydrogen-bond acceptors (Lipinski definition) is 6. The molecule has 0 saturated carbocycles. The molecule has 1 aromatic heterocycles. The molecule has 0 spiro atoms. The standard InChI is InChI=1S/C24H29N5O2/c1-5-29(6-2)23-16-22(25-17(4)26-23)27-19-10-12-20(13-11-19)28-24(30)18-8-14-21(15-9-18)31-7-3/h8-16H,5-7H2,1-4H3,(H,28,30)(H,25,26,27). The van der Waals surface area contributed by atoms with E-state index in [0.29, 0.717) is 23.7 Å². The number of benzene rings is 2. The van der Waals surface area contributed by atoms with Crippen LogP contribution in [0.3, 0.4) is 0 Å². The smallest absolute Gasteiger partial charge is 0.255 e. The fourth-order valence-electron chi connectivity index (χ4n) is 3.18. The molecule has 0 unspecified atom stereocenters. The maximum atomic E-state index is 12.5. The number of aromatic nitrogens is 2. The number of aryl methyl sites for hydroxylation is 1. The highest BCUT2D eigenvalue weighted by Gasteiger charge is 2.09. The minimum Gasteiger partial charge on any atom is -0.494 e. The molecule has 3 aromatic rings. The molecule has 2 N–H and O–H groups in total. The van der Waals surface area contributed by atoms with E-state index in [9.17, 15) is 4.79 Å². The second kappa shape index (κ2) is 10.4. The SMILES string of the molecule is CCOc1ccc(C(=O)Nc2ccc(Nc3cc(N(CC)CC)nc(C)n3)cc2)cc1. The van der Waals surface area contributed by atoms with Crippen LogP contribution in [0, 0.1) is 6.92 Å². The predicted molar refractivity (Wildman–Crippen MR) is 126 cm³/mol. The number of nitrogens with one attached hydrogen (secondary N) is 2. The van der Waals surface area contributed by atoms with Crippen LogP contribution in [-0.4, -0.2) is 35.6 Å². The lowest BCUT2D eigenvalue weighted by molar-refractivity contribution is 0.102. The molecule has 7 heteroatoms. The van der Waals surface area contributed by atoms with Gasteiger partial charge < -0.3 is 20.3 Å². The summed E-state index contributed by atoms with van der Waals surface area (Å²) in [5.74, 6) is 2.93. The summed E-state index contributed by atoms with van der Waals surface area (Å²) in [7, 11) is 0. The minimum absolute atomic E-state index is 0.168. The fraction of sp³-hybridized carbons (Fsp3) is 0.292. The zero-order valence-corrected chi connectivity index (χ0v) is 18.5. The van der Waals surface area contributed by atoms with E-state index in [1.54, 1.807) is 24.3 Å². The summed E-state index contributed by atoms with van der Waals surface area (Å²) in [6.45, 7) is 10.4. The Morgan fingerprint density at radius 1 is 0.935 bits per heavy atom. The van der Waals surface area contributed by atoms with Crippen molar-refractivity contribution in [1.82, 2.24) is 9.97 Å². The molecular formula is C24H29N5O2. The molecule has 0 aliphatic carbocycles. The normalized spacial score (nSPS) is 10.5. The molecule has 1 heterocycles. The number of rotatable bonds is 9. The highest BCUT2D eigenvalue weighted by molar-refractivity contribution is 6.04. The molecule has 7 nitrogen and oxygen atoms in total. The lowest BCUT2D eigenvalue weighted by atomic mass is 10.2. The van der Waals surface area contributed by atoms with Crippen LogP contribution in [0.25, 0.3) is 0 Å². The number of ether oxygens (including phenoxy) is 1. The minimum atomic E-state index is -0.168. The molecule has 0 fully saturated rings. The number of anilines is 4. The first kappa shape index (κ1) is 22.1. The first-order valence-corrected chi connectivity index (χ1v) is 10.5. The summed E-state index contributed by atoms with van der Waals surface area (Å²) in [5, 5.41) is 6.22. The van der Waals surface area contributed by atoms with Gasteiger partial charge in [-0.05, 0) is 76.2 Å². The Hall–Kier alpha value is -3.61. The van der Waals surface area contributed by atoms with Crippen molar-refractivity contribution in [1.29, 1.82) is 0 Å². The zero-order valence-electron chi connectivity index (χ0n) is 18.5. The van der Waals surface area contributed by atoms with Crippen molar-refractivity contribution >= 4 is 28.9 Å². The van der Waals surface area contributed by atoms with E-state index < -0.39 is 0 Å². The van der Waals surface area contributed by atoms with Crippen LogP contribution < -0.4 is 20.3 Å². The largest absolute Gasteiger partial charge is 0.494 e. The van der Waals surface area contributed by atoms with Crippen molar-refractivity contribution in [2.24, 2.45) is 0 Å². The van der Waals surface area contributed by atoms with Gasteiger partial charge in [-0.3, -0.25) is 4.79 Å². The van der Waals surface area contributed by atoms with Crippen molar-refractivity contribution < 1.29 is 9.53 Å². The predicted octanol–water partition coefficient (Wildman–Crippen LogP) is 5.03. The molecule has 162 valence electrons. The van der Waals surface area contributed by atoms with E-state index in [0.717, 1.165) is 36.2 Å². The Balaban J connectivity index is 1.66. The Bertz CT molecular complexity index is 999. The maximum Gasteiger partial charge on any atom is 0.255 e. The van der Waals surface area contributed by atoms with Gasteiger partial charge in [-0.25, -0.2) is 9.97 Å². The summed E-state index contributed by atoms with van der Waals surface area (Å²) in [6.07, 6.45) is 0. The Kier molecular flexibility index (Phi) is 7.43. The number of carbonyl (C=O) groups excluding carboxylic acids is 1. The van der Waals surface area contributed by atoms with Crippen molar-refractivity contribution in [3.8, 4) is 5.75 Å². The quantitative estimate of drug-likeness (QED) is 0.507.